The lowest BCUT2D eigenvalue weighted by Crippen LogP contribution is -2.48. The molecule has 1 aliphatic heterocycles. The van der Waals surface area contributed by atoms with Gasteiger partial charge in [0.1, 0.15) is 11.0 Å². The summed E-state index contributed by atoms with van der Waals surface area (Å²) in [5.41, 5.74) is 5.52. The minimum absolute atomic E-state index is 0.114. The first kappa shape index (κ1) is 13.3. The van der Waals surface area contributed by atoms with Crippen LogP contribution in [-0.4, -0.2) is 55.1 Å². The van der Waals surface area contributed by atoms with Gasteiger partial charge in [0.15, 0.2) is 0 Å². The number of aromatic nitrogens is 2. The van der Waals surface area contributed by atoms with E-state index in [1.165, 1.54) is 10.6 Å². The van der Waals surface area contributed by atoms with Crippen molar-refractivity contribution in [3.63, 3.8) is 0 Å². The molecule has 0 aliphatic carbocycles. The molecule has 0 radical (unpaired) electrons. The van der Waals surface area contributed by atoms with E-state index in [0.29, 0.717) is 32.0 Å². The third-order valence-corrected chi connectivity index (χ3v) is 4.23. The highest BCUT2D eigenvalue weighted by molar-refractivity contribution is 7.88. The molecule has 0 saturated carbocycles. The number of anilines is 2. The lowest BCUT2D eigenvalue weighted by Gasteiger charge is -2.33. The number of rotatable bonds is 2. The zero-order chi connectivity index (χ0) is 13.3. The minimum Gasteiger partial charge on any atom is -0.368 e. The van der Waals surface area contributed by atoms with E-state index in [9.17, 15) is 8.42 Å². The van der Waals surface area contributed by atoms with Crippen LogP contribution in [0.2, 0.25) is 5.15 Å². The van der Waals surface area contributed by atoms with E-state index in [0.717, 1.165) is 0 Å². The molecule has 0 aromatic carbocycles. The number of nitrogen functional groups attached to an aromatic ring is 1. The largest absolute Gasteiger partial charge is 0.368 e. The highest BCUT2D eigenvalue weighted by atomic mass is 35.5. The molecule has 1 aliphatic rings. The molecule has 2 rings (SSSR count). The van der Waals surface area contributed by atoms with Gasteiger partial charge in [-0.25, -0.2) is 13.4 Å². The monoisotopic (exact) mass is 291 g/mol. The van der Waals surface area contributed by atoms with Gasteiger partial charge >= 0.3 is 0 Å². The maximum Gasteiger partial charge on any atom is 0.223 e. The summed E-state index contributed by atoms with van der Waals surface area (Å²) < 4.78 is 24.2. The standard InChI is InChI=1S/C9H14ClN5O2S/c1-18(16,17)15-4-2-14(3-5-15)8-6-7(10)12-9(11)13-8/h6H,2-5H2,1H3,(H2,11,12,13). The quantitative estimate of drug-likeness (QED) is 0.758. The van der Waals surface area contributed by atoms with Crippen LogP contribution in [0, 0.1) is 0 Å². The first-order chi connectivity index (χ1) is 8.36. The van der Waals surface area contributed by atoms with Crippen molar-refractivity contribution in [3.05, 3.63) is 11.2 Å². The van der Waals surface area contributed by atoms with Crippen LogP contribution in [0.4, 0.5) is 11.8 Å². The second kappa shape index (κ2) is 4.87. The maximum atomic E-state index is 11.4. The highest BCUT2D eigenvalue weighted by Gasteiger charge is 2.24. The van der Waals surface area contributed by atoms with Crippen LogP contribution in [0.5, 0.6) is 0 Å². The van der Waals surface area contributed by atoms with Gasteiger partial charge in [-0.2, -0.15) is 9.29 Å². The number of nitrogens with zero attached hydrogens (tertiary/aromatic N) is 4. The number of piperazine rings is 1. The predicted molar refractivity (Wildman–Crippen MR) is 70.1 cm³/mol. The summed E-state index contributed by atoms with van der Waals surface area (Å²) in [6, 6.07) is 1.62. The molecule has 1 aromatic heterocycles. The van der Waals surface area contributed by atoms with Crippen molar-refractivity contribution in [2.45, 2.75) is 0 Å². The van der Waals surface area contributed by atoms with Crippen molar-refractivity contribution in [1.82, 2.24) is 14.3 Å². The van der Waals surface area contributed by atoms with E-state index in [1.807, 2.05) is 4.90 Å². The summed E-state index contributed by atoms with van der Waals surface area (Å²) >= 11 is 5.81. The number of hydrogen-bond donors (Lipinski definition) is 1. The molecule has 0 spiro atoms. The summed E-state index contributed by atoms with van der Waals surface area (Å²) in [7, 11) is -3.12. The molecular formula is C9H14ClN5O2S. The Labute approximate surface area is 111 Å². The normalized spacial score (nSPS) is 18.0. The zero-order valence-electron chi connectivity index (χ0n) is 9.87. The Morgan fingerprint density at radius 1 is 1.28 bits per heavy atom. The van der Waals surface area contributed by atoms with Crippen molar-refractivity contribution in [3.8, 4) is 0 Å². The van der Waals surface area contributed by atoms with Gasteiger partial charge in [-0.15, -0.1) is 0 Å². The lowest BCUT2D eigenvalue weighted by molar-refractivity contribution is 0.387. The van der Waals surface area contributed by atoms with Gasteiger partial charge in [0, 0.05) is 32.2 Å². The Hall–Kier alpha value is -1.12. The SMILES string of the molecule is CS(=O)(=O)N1CCN(c2cc(Cl)nc(N)n2)CC1. The fourth-order valence-corrected chi connectivity index (χ4v) is 2.84. The van der Waals surface area contributed by atoms with Crippen molar-refractivity contribution in [1.29, 1.82) is 0 Å². The van der Waals surface area contributed by atoms with Crippen molar-refractivity contribution in [2.24, 2.45) is 0 Å². The Balaban J connectivity index is 2.10. The smallest absolute Gasteiger partial charge is 0.223 e. The van der Waals surface area contributed by atoms with Gasteiger partial charge in [-0.05, 0) is 0 Å². The van der Waals surface area contributed by atoms with Gasteiger partial charge in [0.2, 0.25) is 16.0 Å². The van der Waals surface area contributed by atoms with Crippen LogP contribution < -0.4 is 10.6 Å². The fourth-order valence-electron chi connectivity index (χ4n) is 1.83. The molecule has 1 fully saturated rings. The van der Waals surface area contributed by atoms with Crippen LogP contribution in [0.3, 0.4) is 0 Å². The lowest BCUT2D eigenvalue weighted by atomic mass is 10.3. The van der Waals surface area contributed by atoms with Crippen molar-refractivity contribution < 1.29 is 8.42 Å². The van der Waals surface area contributed by atoms with E-state index in [1.54, 1.807) is 6.07 Å². The predicted octanol–water partition coefficient (Wildman–Crippen LogP) is -0.206. The Morgan fingerprint density at radius 3 is 2.39 bits per heavy atom. The van der Waals surface area contributed by atoms with Crippen molar-refractivity contribution in [2.75, 3.05) is 43.1 Å². The summed E-state index contributed by atoms with van der Waals surface area (Å²) in [4.78, 5) is 9.80. The van der Waals surface area contributed by atoms with E-state index in [-0.39, 0.29) is 11.1 Å². The second-order valence-corrected chi connectivity index (χ2v) is 6.43. The second-order valence-electron chi connectivity index (χ2n) is 4.06. The van der Waals surface area contributed by atoms with Crippen LogP contribution in [0.25, 0.3) is 0 Å². The van der Waals surface area contributed by atoms with Gasteiger partial charge in [0.05, 0.1) is 6.26 Å². The molecule has 18 heavy (non-hydrogen) atoms. The minimum atomic E-state index is -3.12. The number of sulfonamides is 1. The van der Waals surface area contributed by atoms with E-state index < -0.39 is 10.0 Å². The molecule has 0 bridgehead atoms. The number of hydrogen-bond acceptors (Lipinski definition) is 6. The molecule has 1 saturated heterocycles. The molecule has 0 unspecified atom stereocenters. The van der Waals surface area contributed by atoms with E-state index >= 15 is 0 Å². The zero-order valence-corrected chi connectivity index (χ0v) is 11.4. The molecule has 2 N–H and O–H groups in total. The van der Waals surface area contributed by atoms with Crippen LogP contribution in [0.15, 0.2) is 6.07 Å². The summed E-state index contributed by atoms with van der Waals surface area (Å²) in [6.07, 6.45) is 1.21. The summed E-state index contributed by atoms with van der Waals surface area (Å²) in [5.74, 6) is 0.740. The molecule has 0 amide bonds. The molecule has 7 nitrogen and oxygen atoms in total. The molecule has 9 heteroatoms. The topological polar surface area (TPSA) is 92.4 Å². The summed E-state index contributed by atoms with van der Waals surface area (Å²) in [6.45, 7) is 1.97. The highest BCUT2D eigenvalue weighted by Crippen LogP contribution is 2.19. The van der Waals surface area contributed by atoms with Gasteiger partial charge < -0.3 is 10.6 Å². The van der Waals surface area contributed by atoms with E-state index in [4.69, 9.17) is 17.3 Å². The Bertz CT molecular complexity index is 522. The van der Waals surface area contributed by atoms with Crippen molar-refractivity contribution >= 4 is 33.4 Å². The molecule has 1 aromatic rings. The molecule has 0 atom stereocenters. The molecule has 100 valence electrons. The first-order valence-electron chi connectivity index (χ1n) is 5.36. The van der Waals surface area contributed by atoms with Gasteiger partial charge in [0.25, 0.3) is 0 Å². The molecular weight excluding hydrogens is 278 g/mol. The Kier molecular flexibility index (Phi) is 3.60. The van der Waals surface area contributed by atoms with E-state index in [2.05, 4.69) is 9.97 Å². The third-order valence-electron chi connectivity index (χ3n) is 2.73. The average Bonchev–Trinajstić information content (AvgIpc) is 2.27. The van der Waals surface area contributed by atoms with Crippen LogP contribution >= 0.6 is 11.6 Å². The third kappa shape index (κ3) is 3.01. The van der Waals surface area contributed by atoms with Crippen LogP contribution in [0.1, 0.15) is 0 Å². The van der Waals surface area contributed by atoms with Gasteiger partial charge in [-0.1, -0.05) is 11.6 Å². The fraction of sp³-hybridized carbons (Fsp3) is 0.556. The molecule has 2 heterocycles. The maximum absolute atomic E-state index is 11.4. The summed E-state index contributed by atoms with van der Waals surface area (Å²) in [5, 5.41) is 0.281. The Morgan fingerprint density at radius 2 is 1.89 bits per heavy atom. The van der Waals surface area contributed by atoms with Gasteiger partial charge in [-0.3, -0.25) is 0 Å². The first-order valence-corrected chi connectivity index (χ1v) is 7.59. The number of halogens is 1. The average molecular weight is 292 g/mol. The number of nitrogens with two attached hydrogens (primary N) is 1. The van der Waals surface area contributed by atoms with Crippen LogP contribution in [-0.2, 0) is 10.0 Å².